The van der Waals surface area contributed by atoms with Gasteiger partial charge in [-0.3, -0.25) is 4.79 Å². The van der Waals surface area contributed by atoms with Crippen LogP contribution in [0.2, 0.25) is 0 Å². The van der Waals surface area contributed by atoms with Crippen molar-refractivity contribution >= 4 is 21.8 Å². The number of carbonyl (C=O) groups is 1. The Labute approximate surface area is 111 Å². The fourth-order valence-corrected chi connectivity index (χ4v) is 2.53. The van der Waals surface area contributed by atoms with E-state index in [1.54, 1.807) is 0 Å². The number of hydrogen-bond acceptors (Lipinski definition) is 1. The second kappa shape index (κ2) is 5.21. The first-order valence-corrected chi connectivity index (χ1v) is 7.14. The van der Waals surface area contributed by atoms with Gasteiger partial charge in [-0.2, -0.15) is 0 Å². The average molecular weight is 296 g/mol. The van der Waals surface area contributed by atoms with Crippen molar-refractivity contribution in [3.63, 3.8) is 0 Å². The molecule has 0 saturated heterocycles. The molecule has 17 heavy (non-hydrogen) atoms. The number of alkyl halides is 1. The molecule has 0 atom stereocenters. The fourth-order valence-electron chi connectivity index (χ4n) is 1.77. The van der Waals surface area contributed by atoms with Crippen molar-refractivity contribution in [2.45, 2.75) is 26.2 Å². The summed E-state index contributed by atoms with van der Waals surface area (Å²) in [6, 6.07) is 8.13. The second-order valence-corrected chi connectivity index (χ2v) is 5.63. The molecule has 0 bridgehead atoms. The van der Waals surface area contributed by atoms with E-state index in [0.29, 0.717) is 11.8 Å². The molecule has 0 spiro atoms. The molecule has 0 radical (unpaired) electrons. The summed E-state index contributed by atoms with van der Waals surface area (Å²) in [5, 5.41) is 4.02. The number of hydrogen-bond donors (Lipinski definition) is 1. The molecule has 1 aliphatic rings. The zero-order valence-corrected chi connectivity index (χ0v) is 11.7. The predicted molar refractivity (Wildman–Crippen MR) is 73.4 cm³/mol. The van der Waals surface area contributed by atoms with Crippen LogP contribution in [0.3, 0.4) is 0 Å². The van der Waals surface area contributed by atoms with Crippen molar-refractivity contribution in [2.75, 3.05) is 11.9 Å². The van der Waals surface area contributed by atoms with Crippen molar-refractivity contribution in [1.82, 2.24) is 5.32 Å². The number of carbonyl (C=O) groups excluding carboxylic acids is 1. The standard InChI is InChI=1S/C14H18BrNO/c1-11-2-4-12(5-3-11)8-13(17)16-10-14(9-15)6-7-14/h2-5H,6-10H2,1H3,(H,16,17). The molecule has 1 fully saturated rings. The molecule has 0 heterocycles. The van der Waals surface area contributed by atoms with E-state index in [1.807, 2.05) is 24.3 Å². The quantitative estimate of drug-likeness (QED) is 0.832. The van der Waals surface area contributed by atoms with Crippen LogP contribution in [0.4, 0.5) is 0 Å². The maximum absolute atomic E-state index is 11.8. The van der Waals surface area contributed by atoms with Crippen LogP contribution in [0.15, 0.2) is 24.3 Å². The highest BCUT2D eigenvalue weighted by molar-refractivity contribution is 9.09. The summed E-state index contributed by atoms with van der Waals surface area (Å²) in [6.45, 7) is 2.86. The van der Waals surface area contributed by atoms with Gasteiger partial charge < -0.3 is 5.32 Å². The molecular weight excluding hydrogens is 278 g/mol. The van der Waals surface area contributed by atoms with Crippen LogP contribution in [0.25, 0.3) is 0 Å². The minimum atomic E-state index is 0.126. The highest BCUT2D eigenvalue weighted by Crippen LogP contribution is 2.46. The number of aryl methyl sites for hydroxylation is 1. The molecule has 0 aromatic heterocycles. The molecule has 1 N–H and O–H groups in total. The number of amides is 1. The lowest BCUT2D eigenvalue weighted by molar-refractivity contribution is -0.120. The minimum absolute atomic E-state index is 0.126. The van der Waals surface area contributed by atoms with E-state index in [4.69, 9.17) is 0 Å². The van der Waals surface area contributed by atoms with Gasteiger partial charge in [-0.1, -0.05) is 45.8 Å². The third kappa shape index (κ3) is 3.56. The van der Waals surface area contributed by atoms with Crippen LogP contribution in [0, 0.1) is 12.3 Å². The second-order valence-electron chi connectivity index (χ2n) is 5.07. The SMILES string of the molecule is Cc1ccc(CC(=O)NCC2(CBr)CC2)cc1. The maximum atomic E-state index is 11.8. The third-order valence-corrected chi connectivity index (χ3v) is 4.58. The Morgan fingerprint density at radius 2 is 2.00 bits per heavy atom. The summed E-state index contributed by atoms with van der Waals surface area (Å²) < 4.78 is 0. The Morgan fingerprint density at radius 1 is 1.35 bits per heavy atom. The average Bonchev–Trinajstić information content (AvgIpc) is 3.10. The molecule has 1 amide bonds. The van der Waals surface area contributed by atoms with E-state index in [2.05, 4.69) is 28.2 Å². The summed E-state index contributed by atoms with van der Waals surface area (Å²) in [5.74, 6) is 0.126. The van der Waals surface area contributed by atoms with Gasteiger partial charge in [0.25, 0.3) is 0 Å². The largest absolute Gasteiger partial charge is 0.355 e. The number of halogens is 1. The van der Waals surface area contributed by atoms with Crippen LogP contribution in [-0.4, -0.2) is 17.8 Å². The monoisotopic (exact) mass is 295 g/mol. The Hall–Kier alpha value is -0.830. The van der Waals surface area contributed by atoms with Gasteiger partial charge in [-0.05, 0) is 30.7 Å². The normalized spacial score (nSPS) is 16.6. The van der Waals surface area contributed by atoms with Gasteiger partial charge >= 0.3 is 0 Å². The topological polar surface area (TPSA) is 29.1 Å². The summed E-state index contributed by atoms with van der Waals surface area (Å²) in [4.78, 5) is 11.8. The molecule has 92 valence electrons. The molecule has 1 aliphatic carbocycles. The molecule has 1 aromatic carbocycles. The molecule has 0 unspecified atom stereocenters. The molecule has 2 rings (SSSR count). The highest BCUT2D eigenvalue weighted by atomic mass is 79.9. The number of rotatable bonds is 5. The lowest BCUT2D eigenvalue weighted by Gasteiger charge is -2.12. The Bertz CT molecular complexity index is 395. The van der Waals surface area contributed by atoms with Gasteiger partial charge in [0.15, 0.2) is 0 Å². The van der Waals surface area contributed by atoms with Gasteiger partial charge in [-0.15, -0.1) is 0 Å². The van der Waals surface area contributed by atoms with Crippen molar-refractivity contribution in [1.29, 1.82) is 0 Å². The first-order valence-electron chi connectivity index (χ1n) is 6.02. The first kappa shape index (κ1) is 12.6. The Balaban J connectivity index is 1.79. The molecule has 1 aromatic rings. The van der Waals surface area contributed by atoms with E-state index in [0.717, 1.165) is 17.4 Å². The van der Waals surface area contributed by atoms with E-state index in [9.17, 15) is 4.79 Å². The number of benzene rings is 1. The summed E-state index contributed by atoms with van der Waals surface area (Å²) >= 11 is 3.51. The van der Waals surface area contributed by atoms with Crippen LogP contribution in [-0.2, 0) is 11.2 Å². The van der Waals surface area contributed by atoms with E-state index < -0.39 is 0 Å². The van der Waals surface area contributed by atoms with Gasteiger partial charge in [0.05, 0.1) is 6.42 Å². The van der Waals surface area contributed by atoms with Crippen LogP contribution in [0.5, 0.6) is 0 Å². The van der Waals surface area contributed by atoms with Gasteiger partial charge in [0.2, 0.25) is 5.91 Å². The van der Waals surface area contributed by atoms with Gasteiger partial charge in [0.1, 0.15) is 0 Å². The maximum Gasteiger partial charge on any atom is 0.224 e. The fraction of sp³-hybridized carbons (Fsp3) is 0.500. The summed E-state index contributed by atoms with van der Waals surface area (Å²) in [7, 11) is 0. The van der Waals surface area contributed by atoms with Crippen LogP contribution >= 0.6 is 15.9 Å². The van der Waals surface area contributed by atoms with E-state index in [-0.39, 0.29) is 5.91 Å². The Morgan fingerprint density at radius 3 is 2.53 bits per heavy atom. The molecular formula is C14H18BrNO. The van der Waals surface area contributed by atoms with Crippen molar-refractivity contribution in [3.8, 4) is 0 Å². The summed E-state index contributed by atoms with van der Waals surface area (Å²) in [6.07, 6.45) is 2.94. The van der Waals surface area contributed by atoms with Gasteiger partial charge in [-0.25, -0.2) is 0 Å². The first-order chi connectivity index (χ1) is 8.13. The third-order valence-electron chi connectivity index (χ3n) is 3.39. The smallest absolute Gasteiger partial charge is 0.224 e. The zero-order valence-electron chi connectivity index (χ0n) is 10.1. The zero-order chi connectivity index (χ0) is 12.3. The van der Waals surface area contributed by atoms with Crippen LogP contribution < -0.4 is 5.32 Å². The lowest BCUT2D eigenvalue weighted by atomic mass is 10.1. The number of nitrogens with one attached hydrogen (secondary N) is 1. The summed E-state index contributed by atoms with van der Waals surface area (Å²) in [5.41, 5.74) is 2.66. The van der Waals surface area contributed by atoms with Gasteiger partial charge in [0, 0.05) is 11.9 Å². The predicted octanol–water partition coefficient (Wildman–Crippen LogP) is 2.83. The molecule has 0 aliphatic heterocycles. The van der Waals surface area contributed by atoms with Crippen molar-refractivity contribution < 1.29 is 4.79 Å². The minimum Gasteiger partial charge on any atom is -0.355 e. The molecule has 1 saturated carbocycles. The lowest BCUT2D eigenvalue weighted by Crippen LogP contribution is -2.32. The highest BCUT2D eigenvalue weighted by Gasteiger charge is 2.41. The van der Waals surface area contributed by atoms with E-state index in [1.165, 1.54) is 18.4 Å². The van der Waals surface area contributed by atoms with Crippen molar-refractivity contribution in [3.05, 3.63) is 35.4 Å². The Kier molecular flexibility index (Phi) is 3.87. The van der Waals surface area contributed by atoms with E-state index >= 15 is 0 Å². The van der Waals surface area contributed by atoms with Crippen LogP contribution in [0.1, 0.15) is 24.0 Å². The molecule has 3 heteroatoms. The molecule has 2 nitrogen and oxygen atoms in total. The van der Waals surface area contributed by atoms with Crippen molar-refractivity contribution in [2.24, 2.45) is 5.41 Å².